The van der Waals surface area contributed by atoms with Crippen molar-refractivity contribution in [2.45, 2.75) is 12.6 Å². The number of pyridine rings is 1. The minimum Gasteiger partial charge on any atom is -0.395 e. The number of nitrogens with zero attached hydrogens (tertiary/aromatic N) is 3. The predicted octanol–water partition coefficient (Wildman–Crippen LogP) is 1.93. The Labute approximate surface area is 178 Å². The number of nitrogens with one attached hydrogen (secondary N) is 3. The number of amides is 1. The van der Waals surface area contributed by atoms with Crippen LogP contribution in [0.1, 0.15) is 11.6 Å². The van der Waals surface area contributed by atoms with Crippen LogP contribution in [0.5, 0.6) is 0 Å². The lowest BCUT2D eigenvalue weighted by Gasteiger charge is -2.21. The van der Waals surface area contributed by atoms with Crippen molar-refractivity contribution in [2.24, 2.45) is 0 Å². The number of aliphatic hydroxyl groups is 2. The van der Waals surface area contributed by atoms with Crippen LogP contribution in [0.15, 0.2) is 55.0 Å². The lowest BCUT2D eigenvalue weighted by Crippen LogP contribution is -2.35. The van der Waals surface area contributed by atoms with Gasteiger partial charge in [0.2, 0.25) is 5.91 Å². The summed E-state index contributed by atoms with van der Waals surface area (Å²) in [5.74, 6) is 0.218. The molecule has 10 heteroatoms. The maximum atomic E-state index is 12.7. The van der Waals surface area contributed by atoms with Crippen molar-refractivity contribution in [3.63, 3.8) is 0 Å². The lowest BCUT2D eigenvalue weighted by molar-refractivity contribution is -0.122. The number of carbonyl (C=O) groups is 1. The first kappa shape index (κ1) is 21.6. The summed E-state index contributed by atoms with van der Waals surface area (Å²) in [6, 6.07) is 10.2. The van der Waals surface area contributed by atoms with Gasteiger partial charge < -0.3 is 26.2 Å². The minimum atomic E-state index is -0.710. The van der Waals surface area contributed by atoms with Crippen LogP contribution in [0.4, 0.5) is 17.2 Å². The zero-order chi connectivity index (χ0) is 21.3. The summed E-state index contributed by atoms with van der Waals surface area (Å²) in [5, 5.41) is 31.5. The molecule has 0 aliphatic heterocycles. The van der Waals surface area contributed by atoms with Gasteiger partial charge in [0, 0.05) is 18.8 Å². The molecular formula is C20H23ClN6O3. The number of aromatic nitrogens is 3. The zero-order valence-corrected chi connectivity index (χ0v) is 16.9. The number of halogens is 1. The fraction of sp³-hybridized carbons (Fsp3) is 0.250. The lowest BCUT2D eigenvalue weighted by atomic mass is 10.1. The van der Waals surface area contributed by atoms with E-state index in [4.69, 9.17) is 21.8 Å². The van der Waals surface area contributed by atoms with Gasteiger partial charge >= 0.3 is 0 Å². The Morgan fingerprint density at radius 2 is 1.97 bits per heavy atom. The Balaban J connectivity index is 1.81. The average molecular weight is 431 g/mol. The number of anilines is 3. The van der Waals surface area contributed by atoms with E-state index in [2.05, 4.69) is 26.0 Å². The van der Waals surface area contributed by atoms with E-state index in [0.29, 0.717) is 28.8 Å². The van der Waals surface area contributed by atoms with Crippen molar-refractivity contribution in [1.82, 2.24) is 20.1 Å². The standard InChI is InChI=1S/C20H23ClN6O3/c21-16-12-23-18(25-15-11-24-27(13-15)7-9-29)10-17(16)26-19(20(30)22-6-8-28)14-4-2-1-3-5-14/h1-5,10-13,19,28-29H,6-9H2,(H,22,30)(H2,23,25,26). The number of benzene rings is 1. The van der Waals surface area contributed by atoms with Gasteiger partial charge in [0.05, 0.1) is 48.5 Å². The van der Waals surface area contributed by atoms with E-state index >= 15 is 0 Å². The van der Waals surface area contributed by atoms with Gasteiger partial charge in [-0.3, -0.25) is 9.48 Å². The number of hydrogen-bond donors (Lipinski definition) is 5. The summed E-state index contributed by atoms with van der Waals surface area (Å²) in [6.45, 7) is 0.387. The molecule has 0 fully saturated rings. The zero-order valence-electron chi connectivity index (χ0n) is 16.1. The second kappa shape index (κ2) is 10.6. The largest absolute Gasteiger partial charge is 0.395 e. The topological polar surface area (TPSA) is 124 Å². The van der Waals surface area contributed by atoms with E-state index in [1.54, 1.807) is 23.1 Å². The monoisotopic (exact) mass is 430 g/mol. The van der Waals surface area contributed by atoms with Gasteiger partial charge in [-0.25, -0.2) is 4.98 Å². The highest BCUT2D eigenvalue weighted by Crippen LogP contribution is 2.29. The van der Waals surface area contributed by atoms with Gasteiger partial charge in [-0.05, 0) is 5.56 Å². The molecule has 0 bridgehead atoms. The third-order valence-corrected chi connectivity index (χ3v) is 4.50. The molecule has 5 N–H and O–H groups in total. The molecule has 30 heavy (non-hydrogen) atoms. The van der Waals surface area contributed by atoms with Crippen LogP contribution in [0.3, 0.4) is 0 Å². The molecule has 0 aliphatic carbocycles. The van der Waals surface area contributed by atoms with Crippen molar-refractivity contribution in [3.8, 4) is 0 Å². The Morgan fingerprint density at radius 1 is 1.17 bits per heavy atom. The van der Waals surface area contributed by atoms with Crippen LogP contribution in [-0.4, -0.2) is 50.6 Å². The molecule has 0 saturated heterocycles. The Hall–Kier alpha value is -3.14. The van der Waals surface area contributed by atoms with E-state index in [9.17, 15) is 4.79 Å². The molecular weight excluding hydrogens is 408 g/mol. The van der Waals surface area contributed by atoms with E-state index < -0.39 is 6.04 Å². The summed E-state index contributed by atoms with van der Waals surface area (Å²) in [7, 11) is 0. The quantitative estimate of drug-likeness (QED) is 0.333. The summed E-state index contributed by atoms with van der Waals surface area (Å²) in [6.07, 6.45) is 4.85. The maximum absolute atomic E-state index is 12.7. The molecule has 0 saturated carbocycles. The summed E-state index contributed by atoms with van der Waals surface area (Å²) in [4.78, 5) is 16.9. The molecule has 1 amide bonds. The Morgan fingerprint density at radius 3 is 2.70 bits per heavy atom. The van der Waals surface area contributed by atoms with Crippen molar-refractivity contribution >= 4 is 34.7 Å². The van der Waals surface area contributed by atoms with E-state index in [1.165, 1.54) is 6.20 Å². The number of hydrogen-bond acceptors (Lipinski definition) is 7. The normalized spacial score (nSPS) is 11.7. The summed E-state index contributed by atoms with van der Waals surface area (Å²) in [5.41, 5.74) is 1.97. The van der Waals surface area contributed by atoms with Gasteiger partial charge in [-0.15, -0.1) is 0 Å². The van der Waals surface area contributed by atoms with Crippen LogP contribution in [-0.2, 0) is 11.3 Å². The first-order valence-corrected chi connectivity index (χ1v) is 9.74. The molecule has 1 unspecified atom stereocenters. The summed E-state index contributed by atoms with van der Waals surface area (Å²) >= 11 is 6.32. The smallest absolute Gasteiger partial charge is 0.247 e. The van der Waals surface area contributed by atoms with Crippen LogP contribution < -0.4 is 16.0 Å². The Bertz CT molecular complexity index is 966. The number of carbonyl (C=O) groups excluding carboxylic acids is 1. The summed E-state index contributed by atoms with van der Waals surface area (Å²) < 4.78 is 1.61. The predicted molar refractivity (Wildman–Crippen MR) is 115 cm³/mol. The van der Waals surface area contributed by atoms with E-state index in [-0.39, 0.29) is 25.7 Å². The van der Waals surface area contributed by atoms with Crippen molar-refractivity contribution in [1.29, 1.82) is 0 Å². The van der Waals surface area contributed by atoms with Crippen LogP contribution >= 0.6 is 11.6 Å². The van der Waals surface area contributed by atoms with Gasteiger partial charge in [-0.2, -0.15) is 5.10 Å². The van der Waals surface area contributed by atoms with E-state index in [0.717, 1.165) is 5.56 Å². The Kier molecular flexibility index (Phi) is 7.61. The molecule has 0 radical (unpaired) electrons. The molecule has 3 rings (SSSR count). The van der Waals surface area contributed by atoms with Crippen molar-refractivity contribution < 1.29 is 15.0 Å². The molecule has 0 aliphatic rings. The molecule has 158 valence electrons. The molecule has 9 nitrogen and oxygen atoms in total. The first-order chi connectivity index (χ1) is 14.6. The molecule has 2 heterocycles. The second-order valence-corrected chi connectivity index (χ2v) is 6.80. The molecule has 1 aromatic carbocycles. The van der Waals surface area contributed by atoms with Gasteiger partial charge in [0.1, 0.15) is 11.9 Å². The minimum absolute atomic E-state index is 0.00635. The molecule has 1 atom stereocenters. The van der Waals surface area contributed by atoms with Gasteiger partial charge in [-0.1, -0.05) is 41.9 Å². The van der Waals surface area contributed by atoms with Crippen LogP contribution in [0.25, 0.3) is 0 Å². The SMILES string of the molecule is O=C(NCCO)C(Nc1cc(Nc2cnn(CCO)c2)ncc1Cl)c1ccccc1. The van der Waals surface area contributed by atoms with Crippen LogP contribution in [0.2, 0.25) is 5.02 Å². The van der Waals surface area contributed by atoms with Gasteiger partial charge in [0.25, 0.3) is 0 Å². The van der Waals surface area contributed by atoms with Crippen LogP contribution in [0, 0.1) is 0 Å². The third kappa shape index (κ3) is 5.69. The van der Waals surface area contributed by atoms with Gasteiger partial charge in [0.15, 0.2) is 0 Å². The highest BCUT2D eigenvalue weighted by Gasteiger charge is 2.21. The highest BCUT2D eigenvalue weighted by molar-refractivity contribution is 6.33. The first-order valence-electron chi connectivity index (χ1n) is 9.36. The third-order valence-electron chi connectivity index (χ3n) is 4.20. The van der Waals surface area contributed by atoms with Crippen molar-refractivity contribution in [3.05, 3.63) is 65.6 Å². The van der Waals surface area contributed by atoms with Crippen molar-refractivity contribution in [2.75, 3.05) is 30.4 Å². The maximum Gasteiger partial charge on any atom is 0.247 e. The number of rotatable bonds is 10. The number of aliphatic hydroxyl groups excluding tert-OH is 2. The second-order valence-electron chi connectivity index (χ2n) is 6.39. The highest BCUT2D eigenvalue weighted by atomic mass is 35.5. The molecule has 2 aromatic heterocycles. The molecule has 0 spiro atoms. The fourth-order valence-electron chi connectivity index (χ4n) is 2.80. The molecule has 3 aromatic rings. The fourth-order valence-corrected chi connectivity index (χ4v) is 2.96. The average Bonchev–Trinajstić information content (AvgIpc) is 3.20. The van der Waals surface area contributed by atoms with E-state index in [1.807, 2.05) is 30.3 Å².